The van der Waals surface area contributed by atoms with Crippen LogP contribution < -0.4 is 5.56 Å². The second-order valence-electron chi connectivity index (χ2n) is 5.15. The lowest BCUT2D eigenvalue weighted by Crippen LogP contribution is -2.35. The van der Waals surface area contributed by atoms with Gasteiger partial charge in [0, 0.05) is 18.0 Å². The summed E-state index contributed by atoms with van der Waals surface area (Å²) in [6.07, 6.45) is 1.77. The molecule has 2 aromatic heterocycles. The maximum absolute atomic E-state index is 12.4. The number of nitriles is 1. The van der Waals surface area contributed by atoms with Crippen molar-refractivity contribution in [3.05, 3.63) is 61.2 Å². The molecule has 2 rings (SSSR count). The second kappa shape index (κ2) is 7.55. The third-order valence-corrected chi connectivity index (χ3v) is 4.69. The standard InChI is InChI=1S/C16H17ClN4OS/c1-4-7-20(9-13-5-6-15(17)23-13)10-21-16(22)14(8-18)11(2)12(3)19-21/h4-6H,1,7,9-10H2,2-3H3. The second-order valence-corrected chi connectivity index (χ2v) is 6.95. The highest BCUT2D eigenvalue weighted by Gasteiger charge is 2.14. The minimum absolute atomic E-state index is 0.148. The normalized spacial score (nSPS) is 10.7. The molecular weight excluding hydrogens is 332 g/mol. The monoisotopic (exact) mass is 348 g/mol. The molecule has 0 amide bonds. The summed E-state index contributed by atoms with van der Waals surface area (Å²) in [7, 11) is 0. The van der Waals surface area contributed by atoms with E-state index in [0.717, 1.165) is 9.21 Å². The molecule has 0 unspecified atom stereocenters. The summed E-state index contributed by atoms with van der Waals surface area (Å²) >= 11 is 7.46. The van der Waals surface area contributed by atoms with E-state index < -0.39 is 0 Å². The molecule has 7 heteroatoms. The lowest BCUT2D eigenvalue weighted by molar-refractivity contribution is 0.216. The highest BCUT2D eigenvalue weighted by Crippen LogP contribution is 2.22. The minimum Gasteiger partial charge on any atom is -0.275 e. The van der Waals surface area contributed by atoms with E-state index in [1.54, 1.807) is 19.9 Å². The lowest BCUT2D eigenvalue weighted by Gasteiger charge is -2.21. The smallest absolute Gasteiger partial charge is 0.275 e. The van der Waals surface area contributed by atoms with Crippen LogP contribution in [0.5, 0.6) is 0 Å². The highest BCUT2D eigenvalue weighted by molar-refractivity contribution is 7.16. The van der Waals surface area contributed by atoms with Gasteiger partial charge in [-0.1, -0.05) is 17.7 Å². The fraction of sp³-hybridized carbons (Fsp3) is 0.312. The third kappa shape index (κ3) is 4.08. The van der Waals surface area contributed by atoms with E-state index in [9.17, 15) is 10.1 Å². The van der Waals surface area contributed by atoms with Gasteiger partial charge in [-0.3, -0.25) is 9.69 Å². The summed E-state index contributed by atoms with van der Waals surface area (Å²) in [6, 6.07) is 5.78. The van der Waals surface area contributed by atoms with E-state index in [4.69, 9.17) is 11.6 Å². The molecule has 0 saturated carbocycles. The topological polar surface area (TPSA) is 61.9 Å². The molecule has 0 aromatic carbocycles. The first kappa shape index (κ1) is 17.4. The molecule has 0 aliphatic heterocycles. The zero-order valence-electron chi connectivity index (χ0n) is 13.0. The van der Waals surface area contributed by atoms with Crippen LogP contribution in [0.15, 0.2) is 29.6 Å². The average molecular weight is 349 g/mol. The van der Waals surface area contributed by atoms with Gasteiger partial charge in [-0.25, -0.2) is 4.68 Å². The highest BCUT2D eigenvalue weighted by atomic mass is 35.5. The van der Waals surface area contributed by atoms with Crippen molar-refractivity contribution in [2.24, 2.45) is 0 Å². The first-order chi connectivity index (χ1) is 11.0. The summed E-state index contributed by atoms with van der Waals surface area (Å²) in [4.78, 5) is 15.5. The lowest BCUT2D eigenvalue weighted by atomic mass is 10.1. The largest absolute Gasteiger partial charge is 0.286 e. The zero-order chi connectivity index (χ0) is 17.0. The van der Waals surface area contributed by atoms with E-state index in [0.29, 0.717) is 24.3 Å². The molecule has 0 bridgehead atoms. The van der Waals surface area contributed by atoms with Gasteiger partial charge in [-0.05, 0) is 31.5 Å². The minimum atomic E-state index is -0.367. The van der Waals surface area contributed by atoms with Crippen LogP contribution in [0.1, 0.15) is 21.7 Å². The van der Waals surface area contributed by atoms with Gasteiger partial charge in [0.25, 0.3) is 5.56 Å². The number of halogens is 1. The van der Waals surface area contributed by atoms with Crippen molar-refractivity contribution in [2.45, 2.75) is 27.1 Å². The van der Waals surface area contributed by atoms with Crippen LogP contribution in [0.25, 0.3) is 0 Å². The van der Waals surface area contributed by atoms with Gasteiger partial charge in [0.2, 0.25) is 0 Å². The van der Waals surface area contributed by atoms with Gasteiger partial charge in [-0.2, -0.15) is 10.4 Å². The van der Waals surface area contributed by atoms with Crippen molar-refractivity contribution in [2.75, 3.05) is 6.54 Å². The fourth-order valence-corrected chi connectivity index (χ4v) is 3.33. The van der Waals surface area contributed by atoms with Crippen molar-refractivity contribution >= 4 is 22.9 Å². The summed E-state index contributed by atoms with van der Waals surface area (Å²) < 4.78 is 2.06. The molecule has 2 heterocycles. The summed E-state index contributed by atoms with van der Waals surface area (Å²) in [5.41, 5.74) is 1.09. The Kier molecular flexibility index (Phi) is 5.72. The van der Waals surface area contributed by atoms with Gasteiger partial charge < -0.3 is 0 Å². The molecule has 5 nitrogen and oxygen atoms in total. The predicted molar refractivity (Wildman–Crippen MR) is 92.6 cm³/mol. The van der Waals surface area contributed by atoms with E-state index in [2.05, 4.69) is 11.7 Å². The fourth-order valence-electron chi connectivity index (χ4n) is 2.20. The molecule has 0 atom stereocenters. The number of rotatable bonds is 6. The SMILES string of the molecule is C=CCN(Cc1ccc(Cl)s1)Cn1nc(C)c(C)c(C#N)c1=O. The Morgan fingerprint density at radius 2 is 2.26 bits per heavy atom. The maximum Gasteiger partial charge on any atom is 0.286 e. The Labute approximate surface area is 144 Å². The molecule has 0 N–H and O–H groups in total. The van der Waals surface area contributed by atoms with Gasteiger partial charge >= 0.3 is 0 Å². The van der Waals surface area contributed by atoms with Crippen LogP contribution in [0.4, 0.5) is 0 Å². The number of aryl methyl sites for hydroxylation is 1. The Hall–Kier alpha value is -1.94. The summed E-state index contributed by atoms with van der Waals surface area (Å²) in [6.45, 7) is 8.80. The molecule has 0 radical (unpaired) electrons. The van der Waals surface area contributed by atoms with Crippen molar-refractivity contribution < 1.29 is 0 Å². The average Bonchev–Trinajstić information content (AvgIpc) is 2.91. The van der Waals surface area contributed by atoms with E-state index in [-0.39, 0.29) is 17.8 Å². The maximum atomic E-state index is 12.4. The summed E-state index contributed by atoms with van der Waals surface area (Å²) in [5, 5.41) is 13.5. The number of thiophene rings is 1. The quantitative estimate of drug-likeness (QED) is 0.752. The van der Waals surface area contributed by atoms with Crippen molar-refractivity contribution in [3.63, 3.8) is 0 Å². The van der Waals surface area contributed by atoms with Gasteiger partial charge in [0.15, 0.2) is 0 Å². The first-order valence-corrected chi connectivity index (χ1v) is 8.21. The first-order valence-electron chi connectivity index (χ1n) is 7.02. The number of hydrogen-bond donors (Lipinski definition) is 0. The number of nitrogens with zero attached hydrogens (tertiary/aromatic N) is 4. The third-order valence-electron chi connectivity index (χ3n) is 3.48. The molecule has 0 fully saturated rings. The predicted octanol–water partition coefficient (Wildman–Crippen LogP) is 3.09. The Bertz CT molecular complexity index is 818. The van der Waals surface area contributed by atoms with Crippen LogP contribution in [0.2, 0.25) is 4.34 Å². The van der Waals surface area contributed by atoms with Crippen molar-refractivity contribution in [3.8, 4) is 6.07 Å². The Morgan fingerprint density at radius 1 is 1.52 bits per heavy atom. The number of hydrogen-bond acceptors (Lipinski definition) is 5. The molecule has 23 heavy (non-hydrogen) atoms. The van der Waals surface area contributed by atoms with Crippen LogP contribution in [0, 0.1) is 25.2 Å². The Morgan fingerprint density at radius 3 is 2.83 bits per heavy atom. The zero-order valence-corrected chi connectivity index (χ0v) is 14.6. The van der Waals surface area contributed by atoms with Crippen LogP contribution >= 0.6 is 22.9 Å². The van der Waals surface area contributed by atoms with Crippen LogP contribution in [-0.4, -0.2) is 21.2 Å². The van der Waals surface area contributed by atoms with Crippen LogP contribution in [0.3, 0.4) is 0 Å². The van der Waals surface area contributed by atoms with Gasteiger partial charge in [-0.15, -0.1) is 17.9 Å². The van der Waals surface area contributed by atoms with Gasteiger partial charge in [0.05, 0.1) is 16.7 Å². The molecule has 0 saturated heterocycles. The van der Waals surface area contributed by atoms with E-state index in [1.807, 2.05) is 23.1 Å². The van der Waals surface area contributed by atoms with E-state index >= 15 is 0 Å². The molecular formula is C16H17ClN4OS. The van der Waals surface area contributed by atoms with Crippen molar-refractivity contribution in [1.29, 1.82) is 5.26 Å². The molecule has 0 aliphatic carbocycles. The molecule has 0 spiro atoms. The molecule has 0 aliphatic rings. The molecule has 2 aromatic rings. The van der Waals surface area contributed by atoms with Crippen molar-refractivity contribution in [1.82, 2.24) is 14.7 Å². The summed E-state index contributed by atoms with van der Waals surface area (Å²) in [5.74, 6) is 0. The molecule has 120 valence electrons. The Balaban J connectivity index is 2.30. The van der Waals surface area contributed by atoms with Crippen LogP contribution in [-0.2, 0) is 13.2 Å². The van der Waals surface area contributed by atoms with Gasteiger partial charge in [0.1, 0.15) is 11.6 Å². The number of aromatic nitrogens is 2. The van der Waals surface area contributed by atoms with E-state index in [1.165, 1.54) is 16.0 Å².